The van der Waals surface area contributed by atoms with Gasteiger partial charge < -0.3 is 14.1 Å². The van der Waals surface area contributed by atoms with Gasteiger partial charge in [-0.15, -0.1) is 0 Å². The Morgan fingerprint density at radius 3 is 2.61 bits per heavy atom. The molecule has 0 saturated heterocycles. The van der Waals surface area contributed by atoms with Crippen LogP contribution >= 0.6 is 0 Å². The number of carbonyl (C=O) groups excluding carboxylic acids is 1. The summed E-state index contributed by atoms with van der Waals surface area (Å²) in [5.41, 5.74) is 0.995. The summed E-state index contributed by atoms with van der Waals surface area (Å²) in [5.74, 6) is -0.175. The van der Waals surface area contributed by atoms with Crippen LogP contribution < -0.4 is 4.74 Å². The van der Waals surface area contributed by atoms with E-state index in [1.54, 1.807) is 43.4 Å². The molecule has 1 amide bonds. The van der Waals surface area contributed by atoms with Gasteiger partial charge in [0.05, 0.1) is 12.7 Å². The Labute approximate surface area is 161 Å². The van der Waals surface area contributed by atoms with Crippen molar-refractivity contribution in [3.63, 3.8) is 0 Å². The summed E-state index contributed by atoms with van der Waals surface area (Å²) in [7, 11) is 3.01. The third-order valence-electron chi connectivity index (χ3n) is 4.17. The molecule has 0 aliphatic carbocycles. The number of halogens is 2. The summed E-state index contributed by atoms with van der Waals surface area (Å²) in [6.07, 6.45) is 2.86. The van der Waals surface area contributed by atoms with Crippen molar-refractivity contribution in [2.45, 2.75) is 6.54 Å². The summed E-state index contributed by atoms with van der Waals surface area (Å²) in [4.78, 5) is 13.7. The zero-order chi connectivity index (χ0) is 20.1. The summed E-state index contributed by atoms with van der Waals surface area (Å²) in [6.45, 7) is 0.239. The van der Waals surface area contributed by atoms with Crippen LogP contribution in [0.4, 0.5) is 8.78 Å². The smallest absolute Gasteiger partial charge is 0.246 e. The van der Waals surface area contributed by atoms with Gasteiger partial charge in [0.1, 0.15) is 17.3 Å². The predicted molar refractivity (Wildman–Crippen MR) is 103 cm³/mol. The molecule has 0 atom stereocenters. The van der Waals surface area contributed by atoms with E-state index in [9.17, 15) is 13.6 Å². The first-order valence-corrected chi connectivity index (χ1v) is 8.58. The monoisotopic (exact) mass is 383 g/mol. The fourth-order valence-electron chi connectivity index (χ4n) is 2.69. The minimum Gasteiger partial charge on any atom is -0.494 e. The summed E-state index contributed by atoms with van der Waals surface area (Å²) in [6, 6.07) is 14.1. The van der Waals surface area contributed by atoms with Gasteiger partial charge in [-0.1, -0.05) is 18.2 Å². The minimum atomic E-state index is -0.479. The molecule has 0 unspecified atom stereocenters. The van der Waals surface area contributed by atoms with Gasteiger partial charge in [0.25, 0.3) is 0 Å². The maximum Gasteiger partial charge on any atom is 0.246 e. The van der Waals surface area contributed by atoms with Gasteiger partial charge in [-0.05, 0) is 48.0 Å². The third-order valence-corrected chi connectivity index (χ3v) is 4.17. The summed E-state index contributed by atoms with van der Waals surface area (Å²) < 4.78 is 38.0. The van der Waals surface area contributed by atoms with Crippen molar-refractivity contribution in [2.24, 2.45) is 0 Å². The molecule has 28 heavy (non-hydrogen) atoms. The fraction of sp³-hybridized carbons (Fsp3) is 0.136. The van der Waals surface area contributed by atoms with E-state index in [4.69, 9.17) is 9.15 Å². The van der Waals surface area contributed by atoms with Crippen molar-refractivity contribution in [1.29, 1.82) is 0 Å². The molecular weight excluding hydrogens is 364 g/mol. The molecular formula is C22H19F2NO3. The Hall–Kier alpha value is -3.41. The fourth-order valence-corrected chi connectivity index (χ4v) is 2.69. The first-order valence-electron chi connectivity index (χ1n) is 8.58. The number of rotatable bonds is 6. The molecule has 0 saturated carbocycles. The summed E-state index contributed by atoms with van der Waals surface area (Å²) in [5, 5.41) is 0. The zero-order valence-corrected chi connectivity index (χ0v) is 15.5. The number of carbonyl (C=O) groups is 1. The molecule has 6 heteroatoms. The van der Waals surface area contributed by atoms with Gasteiger partial charge in [0, 0.05) is 19.7 Å². The van der Waals surface area contributed by atoms with Gasteiger partial charge in [0.15, 0.2) is 11.6 Å². The molecule has 0 fully saturated rings. The Morgan fingerprint density at radius 1 is 1.11 bits per heavy atom. The molecule has 2 aromatic carbocycles. The normalized spacial score (nSPS) is 11.0. The molecule has 0 spiro atoms. The topological polar surface area (TPSA) is 42.7 Å². The lowest BCUT2D eigenvalue weighted by atomic mass is 10.1. The largest absolute Gasteiger partial charge is 0.494 e. The summed E-state index contributed by atoms with van der Waals surface area (Å²) >= 11 is 0. The minimum absolute atomic E-state index is 0.154. The van der Waals surface area contributed by atoms with Crippen molar-refractivity contribution in [2.75, 3.05) is 14.2 Å². The standard InChI is InChI=1S/C22H19F2NO3/c1-25(14-15-7-10-21(27-2)19(24)13-15)22(26)12-9-16-8-11-20(28-16)17-5-3-4-6-18(17)23/h3-13H,14H2,1-2H3/b12-9+. The number of methoxy groups -OCH3 is 1. The van der Waals surface area contributed by atoms with Crippen molar-refractivity contribution in [3.05, 3.63) is 83.6 Å². The lowest BCUT2D eigenvalue weighted by Gasteiger charge is -2.15. The van der Waals surface area contributed by atoms with Gasteiger partial charge in [-0.25, -0.2) is 8.78 Å². The highest BCUT2D eigenvalue weighted by Gasteiger charge is 2.10. The number of furan rings is 1. The van der Waals surface area contributed by atoms with E-state index in [0.717, 1.165) is 0 Å². The quantitative estimate of drug-likeness (QED) is 0.569. The van der Waals surface area contributed by atoms with Crippen LogP contribution in [0.25, 0.3) is 17.4 Å². The van der Waals surface area contributed by atoms with Crippen molar-refractivity contribution in [3.8, 4) is 17.1 Å². The molecule has 1 heterocycles. The van der Waals surface area contributed by atoms with Crippen LogP contribution in [0.3, 0.4) is 0 Å². The van der Waals surface area contributed by atoms with Crippen LogP contribution in [0.2, 0.25) is 0 Å². The van der Waals surface area contributed by atoms with E-state index in [1.165, 1.54) is 42.4 Å². The van der Waals surface area contributed by atoms with Crippen molar-refractivity contribution in [1.82, 2.24) is 4.90 Å². The van der Waals surface area contributed by atoms with Crippen LogP contribution in [0.1, 0.15) is 11.3 Å². The first kappa shape index (κ1) is 19.4. The number of ether oxygens (including phenoxy) is 1. The number of hydrogen-bond acceptors (Lipinski definition) is 3. The number of benzene rings is 2. The Bertz CT molecular complexity index is 1010. The molecule has 0 bridgehead atoms. The van der Waals surface area contributed by atoms with Crippen LogP contribution in [0, 0.1) is 11.6 Å². The Morgan fingerprint density at radius 2 is 1.89 bits per heavy atom. The third kappa shape index (κ3) is 4.46. The molecule has 144 valence electrons. The highest BCUT2D eigenvalue weighted by atomic mass is 19.1. The van der Waals surface area contributed by atoms with E-state index in [0.29, 0.717) is 22.6 Å². The Kier molecular flexibility index (Phi) is 5.89. The highest BCUT2D eigenvalue weighted by Crippen LogP contribution is 2.25. The molecule has 1 aromatic heterocycles. The van der Waals surface area contributed by atoms with Crippen molar-refractivity contribution < 1.29 is 22.7 Å². The number of likely N-dealkylation sites (N-methyl/N-ethyl adjacent to an activating group) is 1. The maximum atomic E-state index is 13.8. The molecule has 0 aliphatic heterocycles. The lowest BCUT2D eigenvalue weighted by Crippen LogP contribution is -2.24. The van der Waals surface area contributed by atoms with Crippen LogP contribution in [0.5, 0.6) is 5.75 Å². The number of nitrogens with zero attached hydrogens (tertiary/aromatic N) is 1. The van der Waals surface area contributed by atoms with Crippen LogP contribution in [-0.2, 0) is 11.3 Å². The van der Waals surface area contributed by atoms with E-state index in [-0.39, 0.29) is 24.0 Å². The predicted octanol–water partition coefficient (Wildman–Crippen LogP) is 4.91. The molecule has 0 radical (unpaired) electrons. The second-order valence-corrected chi connectivity index (χ2v) is 6.18. The van der Waals surface area contributed by atoms with E-state index in [2.05, 4.69) is 0 Å². The van der Waals surface area contributed by atoms with E-state index >= 15 is 0 Å². The van der Waals surface area contributed by atoms with Gasteiger partial charge in [-0.2, -0.15) is 0 Å². The highest BCUT2D eigenvalue weighted by molar-refractivity contribution is 5.91. The lowest BCUT2D eigenvalue weighted by molar-refractivity contribution is -0.125. The van der Waals surface area contributed by atoms with Gasteiger partial charge in [-0.3, -0.25) is 4.79 Å². The van der Waals surface area contributed by atoms with Crippen molar-refractivity contribution >= 4 is 12.0 Å². The average molecular weight is 383 g/mol. The van der Waals surface area contributed by atoms with Crippen LogP contribution in [-0.4, -0.2) is 25.0 Å². The first-order chi connectivity index (χ1) is 13.5. The molecule has 0 N–H and O–H groups in total. The molecule has 0 aliphatic rings. The molecule has 3 aromatic rings. The number of amides is 1. The van der Waals surface area contributed by atoms with Gasteiger partial charge in [0.2, 0.25) is 5.91 Å². The second kappa shape index (κ2) is 8.52. The van der Waals surface area contributed by atoms with E-state index in [1.807, 2.05) is 0 Å². The van der Waals surface area contributed by atoms with Crippen LogP contribution in [0.15, 0.2) is 65.1 Å². The van der Waals surface area contributed by atoms with Gasteiger partial charge >= 0.3 is 0 Å². The maximum absolute atomic E-state index is 13.8. The van der Waals surface area contributed by atoms with E-state index < -0.39 is 5.82 Å². The molecule has 4 nitrogen and oxygen atoms in total. The average Bonchev–Trinajstić information content (AvgIpc) is 3.15. The zero-order valence-electron chi connectivity index (χ0n) is 15.5. The second-order valence-electron chi connectivity index (χ2n) is 6.18. The number of hydrogen-bond donors (Lipinski definition) is 0. The molecule has 3 rings (SSSR count). The SMILES string of the molecule is COc1ccc(CN(C)C(=O)/C=C/c2ccc(-c3ccccc3F)o2)cc1F. The Balaban J connectivity index is 1.65.